The molecule has 1 atom stereocenters. The fourth-order valence-electron chi connectivity index (χ4n) is 3.94. The molecule has 2 N–H and O–H groups in total. The summed E-state index contributed by atoms with van der Waals surface area (Å²) >= 11 is 0. The second kappa shape index (κ2) is 9.26. The average molecular weight is 379 g/mol. The van der Waals surface area contributed by atoms with E-state index in [0.29, 0.717) is 31.1 Å². The van der Waals surface area contributed by atoms with Crippen LogP contribution in [0, 0.1) is 17.6 Å². The highest BCUT2D eigenvalue weighted by molar-refractivity contribution is 5.88. The van der Waals surface area contributed by atoms with Crippen molar-refractivity contribution in [3.63, 3.8) is 0 Å². The fraction of sp³-hybridized carbons (Fsp3) is 0.600. The van der Waals surface area contributed by atoms with Crippen molar-refractivity contribution >= 4 is 11.8 Å². The van der Waals surface area contributed by atoms with Gasteiger partial charge < -0.3 is 15.5 Å². The van der Waals surface area contributed by atoms with Gasteiger partial charge in [-0.25, -0.2) is 8.78 Å². The number of carbonyl (C=O) groups is 2. The van der Waals surface area contributed by atoms with Gasteiger partial charge in [-0.1, -0.05) is 19.3 Å². The van der Waals surface area contributed by atoms with Gasteiger partial charge in [-0.2, -0.15) is 0 Å². The molecule has 2 fully saturated rings. The number of hydrogen-bond acceptors (Lipinski definition) is 3. The maximum absolute atomic E-state index is 13.4. The third-order valence-electron chi connectivity index (χ3n) is 5.38. The van der Waals surface area contributed by atoms with E-state index in [2.05, 4.69) is 10.6 Å². The van der Waals surface area contributed by atoms with E-state index in [1.807, 2.05) is 0 Å². The van der Waals surface area contributed by atoms with Crippen LogP contribution in [-0.4, -0.2) is 42.4 Å². The Balaban J connectivity index is 1.50. The maximum atomic E-state index is 13.4. The van der Waals surface area contributed by atoms with Gasteiger partial charge in [0.2, 0.25) is 11.8 Å². The summed E-state index contributed by atoms with van der Waals surface area (Å²) in [5.41, 5.74) is 0.406. The third-order valence-corrected chi connectivity index (χ3v) is 5.38. The van der Waals surface area contributed by atoms with Crippen LogP contribution in [0.15, 0.2) is 18.2 Å². The van der Waals surface area contributed by atoms with Gasteiger partial charge in [0, 0.05) is 32.2 Å². The zero-order chi connectivity index (χ0) is 19.2. The Kier molecular flexibility index (Phi) is 6.77. The third kappa shape index (κ3) is 5.73. The quantitative estimate of drug-likeness (QED) is 0.798. The summed E-state index contributed by atoms with van der Waals surface area (Å²) < 4.78 is 26.7. The summed E-state index contributed by atoms with van der Waals surface area (Å²) in [5.74, 6) is -1.13. The standard InChI is InChI=1S/C20H27F2N3O2/c21-16-8-15(9-17(22)10-16)13-25-7-6-23-18(20(25)27)11-19(26)24-12-14-4-2-1-3-5-14/h8-10,14,18,23H,1-7,11-13H2,(H,24,26). The number of rotatable bonds is 6. The molecule has 7 heteroatoms. The molecule has 0 radical (unpaired) electrons. The number of hydrogen-bond donors (Lipinski definition) is 2. The number of piperazine rings is 1. The molecule has 0 bridgehead atoms. The molecule has 1 aromatic carbocycles. The summed E-state index contributed by atoms with van der Waals surface area (Å²) in [6, 6.07) is 2.67. The van der Waals surface area contributed by atoms with Crippen molar-refractivity contribution in [3.05, 3.63) is 35.4 Å². The molecule has 1 heterocycles. The zero-order valence-electron chi connectivity index (χ0n) is 15.5. The minimum Gasteiger partial charge on any atom is -0.356 e. The number of benzene rings is 1. The van der Waals surface area contributed by atoms with Gasteiger partial charge in [0.1, 0.15) is 11.6 Å². The zero-order valence-corrected chi connectivity index (χ0v) is 15.5. The van der Waals surface area contributed by atoms with E-state index in [4.69, 9.17) is 0 Å². The van der Waals surface area contributed by atoms with Crippen LogP contribution in [-0.2, 0) is 16.1 Å². The lowest BCUT2D eigenvalue weighted by Gasteiger charge is -2.33. The Morgan fingerprint density at radius 1 is 1.15 bits per heavy atom. The minimum atomic E-state index is -0.661. The van der Waals surface area contributed by atoms with Gasteiger partial charge in [0.25, 0.3) is 0 Å². The minimum absolute atomic E-state index is 0.0829. The van der Waals surface area contributed by atoms with E-state index >= 15 is 0 Å². The number of nitrogens with zero attached hydrogens (tertiary/aromatic N) is 1. The molecule has 1 aliphatic heterocycles. The highest BCUT2D eigenvalue weighted by Gasteiger charge is 2.30. The van der Waals surface area contributed by atoms with Crippen molar-refractivity contribution in [1.82, 2.24) is 15.5 Å². The Labute approximate surface area is 158 Å². The molecule has 1 unspecified atom stereocenters. The molecular formula is C20H27F2N3O2. The lowest BCUT2D eigenvalue weighted by Crippen LogP contribution is -2.56. The maximum Gasteiger partial charge on any atom is 0.240 e. The SMILES string of the molecule is O=C(CC1NCCN(Cc2cc(F)cc(F)c2)C1=O)NCC1CCCCC1. The number of nitrogens with one attached hydrogen (secondary N) is 2. The first-order chi connectivity index (χ1) is 13.0. The number of halogens is 2. The molecule has 148 valence electrons. The van der Waals surface area contributed by atoms with E-state index in [9.17, 15) is 18.4 Å². The van der Waals surface area contributed by atoms with Crippen molar-refractivity contribution in [3.8, 4) is 0 Å². The van der Waals surface area contributed by atoms with Crippen LogP contribution in [0.4, 0.5) is 8.78 Å². The molecule has 3 rings (SSSR count). The largest absolute Gasteiger partial charge is 0.356 e. The van der Waals surface area contributed by atoms with E-state index in [1.54, 1.807) is 4.90 Å². The molecule has 1 saturated carbocycles. The molecule has 1 saturated heterocycles. The highest BCUT2D eigenvalue weighted by atomic mass is 19.1. The Hall–Kier alpha value is -2.02. The first-order valence-electron chi connectivity index (χ1n) is 9.75. The van der Waals surface area contributed by atoms with Crippen LogP contribution in [0.1, 0.15) is 44.1 Å². The van der Waals surface area contributed by atoms with Gasteiger partial charge in [-0.3, -0.25) is 9.59 Å². The molecule has 2 amide bonds. The summed E-state index contributed by atoms with van der Waals surface area (Å²) in [5, 5.41) is 6.03. The van der Waals surface area contributed by atoms with Crippen LogP contribution in [0.25, 0.3) is 0 Å². The van der Waals surface area contributed by atoms with Gasteiger partial charge >= 0.3 is 0 Å². The summed E-state index contributed by atoms with van der Waals surface area (Å²) in [4.78, 5) is 26.4. The van der Waals surface area contributed by atoms with Crippen molar-refractivity contribution < 1.29 is 18.4 Å². The first-order valence-corrected chi connectivity index (χ1v) is 9.75. The smallest absolute Gasteiger partial charge is 0.240 e. The summed E-state index contributed by atoms with van der Waals surface area (Å²) in [6.07, 6.45) is 6.10. The van der Waals surface area contributed by atoms with Crippen molar-refractivity contribution in [2.45, 2.75) is 51.1 Å². The van der Waals surface area contributed by atoms with E-state index in [0.717, 1.165) is 18.9 Å². The molecule has 0 spiro atoms. The lowest BCUT2D eigenvalue weighted by molar-refractivity contribution is -0.138. The van der Waals surface area contributed by atoms with E-state index < -0.39 is 17.7 Å². The fourth-order valence-corrected chi connectivity index (χ4v) is 3.94. The van der Waals surface area contributed by atoms with Crippen molar-refractivity contribution in [1.29, 1.82) is 0 Å². The van der Waals surface area contributed by atoms with Crippen LogP contribution in [0.5, 0.6) is 0 Å². The van der Waals surface area contributed by atoms with E-state index in [1.165, 1.54) is 31.4 Å². The Bertz CT molecular complexity index is 657. The molecule has 2 aliphatic rings. The lowest BCUT2D eigenvalue weighted by atomic mass is 9.89. The summed E-state index contributed by atoms with van der Waals surface area (Å²) in [7, 11) is 0. The number of carbonyl (C=O) groups excluding carboxylic acids is 2. The predicted octanol–water partition coefficient (Wildman–Crippen LogP) is 2.35. The van der Waals surface area contributed by atoms with Gasteiger partial charge in [0.05, 0.1) is 12.5 Å². The highest BCUT2D eigenvalue weighted by Crippen LogP contribution is 2.22. The van der Waals surface area contributed by atoms with Crippen LogP contribution < -0.4 is 10.6 Å². The van der Waals surface area contributed by atoms with Gasteiger partial charge in [0.15, 0.2) is 0 Å². The summed E-state index contributed by atoms with van der Waals surface area (Å²) in [6.45, 7) is 1.79. The molecule has 1 aromatic rings. The number of amides is 2. The molecule has 0 aromatic heterocycles. The Morgan fingerprint density at radius 2 is 1.85 bits per heavy atom. The molecule has 5 nitrogen and oxygen atoms in total. The predicted molar refractivity (Wildman–Crippen MR) is 97.8 cm³/mol. The van der Waals surface area contributed by atoms with Crippen molar-refractivity contribution in [2.75, 3.05) is 19.6 Å². The second-order valence-electron chi connectivity index (χ2n) is 7.56. The van der Waals surface area contributed by atoms with Crippen LogP contribution in [0.2, 0.25) is 0 Å². The molecule has 27 heavy (non-hydrogen) atoms. The topological polar surface area (TPSA) is 61.4 Å². The van der Waals surface area contributed by atoms with Crippen molar-refractivity contribution in [2.24, 2.45) is 5.92 Å². The van der Waals surface area contributed by atoms with Crippen LogP contribution >= 0.6 is 0 Å². The monoisotopic (exact) mass is 379 g/mol. The second-order valence-corrected chi connectivity index (χ2v) is 7.56. The molecular weight excluding hydrogens is 352 g/mol. The molecule has 1 aliphatic carbocycles. The normalized spacial score (nSPS) is 21.3. The van der Waals surface area contributed by atoms with Gasteiger partial charge in [-0.15, -0.1) is 0 Å². The first kappa shape index (κ1) is 19.7. The Morgan fingerprint density at radius 3 is 2.56 bits per heavy atom. The van der Waals surface area contributed by atoms with Gasteiger partial charge in [-0.05, 0) is 36.5 Å². The van der Waals surface area contributed by atoms with Crippen LogP contribution in [0.3, 0.4) is 0 Å². The average Bonchev–Trinajstić information content (AvgIpc) is 2.63. The van der Waals surface area contributed by atoms with E-state index in [-0.39, 0.29) is 24.8 Å².